The van der Waals surface area contributed by atoms with Gasteiger partial charge in [0.05, 0.1) is 9.85 Å². The lowest BCUT2D eigenvalue weighted by Gasteiger charge is -2.32. The van der Waals surface area contributed by atoms with Gasteiger partial charge in [0.1, 0.15) is 11.4 Å². The highest BCUT2D eigenvalue weighted by Crippen LogP contribution is 2.45. The van der Waals surface area contributed by atoms with Gasteiger partial charge in [-0.25, -0.2) is 0 Å². The molecule has 0 unspecified atom stereocenters. The summed E-state index contributed by atoms with van der Waals surface area (Å²) in [6, 6.07) is 7.15. The minimum absolute atomic E-state index is 0.0150. The second-order valence-corrected chi connectivity index (χ2v) is 9.56. The van der Waals surface area contributed by atoms with Crippen LogP contribution in [0.1, 0.15) is 13.8 Å². The number of H-pyrrole nitrogens is 2. The van der Waals surface area contributed by atoms with Gasteiger partial charge in [0.15, 0.2) is 21.0 Å². The Morgan fingerprint density at radius 3 is 1.53 bits per heavy atom. The van der Waals surface area contributed by atoms with Gasteiger partial charge in [0.25, 0.3) is 23.1 Å². The summed E-state index contributed by atoms with van der Waals surface area (Å²) in [6.07, 6.45) is -2.62. The number of azo groups is 2. The molecular formula is C23H18N10O8S2. The smallest absolute Gasteiger partial charge is 0.384 e. The van der Waals surface area contributed by atoms with E-state index < -0.39 is 16.0 Å². The molecule has 20 heteroatoms. The number of nitrogens with one attached hydrogen (secondary N) is 2. The Morgan fingerprint density at radius 1 is 0.744 bits per heavy atom. The van der Waals surface area contributed by atoms with Crippen LogP contribution in [-0.2, 0) is 13.1 Å². The van der Waals surface area contributed by atoms with Crippen LogP contribution in [0.4, 0.5) is 34.4 Å². The Bertz CT molecular complexity index is 1850. The maximum atomic E-state index is 11.5. The second kappa shape index (κ2) is 10.4. The van der Waals surface area contributed by atoms with Crippen molar-refractivity contribution in [2.75, 3.05) is 0 Å². The van der Waals surface area contributed by atoms with Gasteiger partial charge in [-0.2, -0.15) is 0 Å². The molecule has 2 aromatic heterocycles. The van der Waals surface area contributed by atoms with E-state index in [1.165, 1.54) is 33.4 Å². The van der Waals surface area contributed by atoms with Gasteiger partial charge in [-0.15, -0.1) is 20.5 Å². The van der Waals surface area contributed by atoms with E-state index in [0.29, 0.717) is 13.1 Å². The van der Waals surface area contributed by atoms with E-state index in [1.54, 1.807) is 13.8 Å². The van der Waals surface area contributed by atoms with Gasteiger partial charge < -0.3 is 28.9 Å². The molecule has 18 nitrogen and oxygen atoms in total. The minimum atomic E-state index is -2.62. The quantitative estimate of drug-likeness (QED) is 0.135. The van der Waals surface area contributed by atoms with Gasteiger partial charge >= 0.3 is 6.16 Å². The lowest BCUT2D eigenvalue weighted by molar-refractivity contribution is -0.385. The van der Waals surface area contributed by atoms with Crippen LogP contribution in [0.2, 0.25) is 0 Å². The molecule has 1 spiro atoms. The number of nitro benzene ring substituents is 2. The highest BCUT2D eigenvalue weighted by atomic mass is 32.1. The SMILES string of the molecule is CCn1c2c([nH]c1=S)N=Nc1cc([N+](=O)[O-])ccc1OC1(Oc3ccc([N+](=O)[O-])cc3N=Nc3[nH]c(=S)n(CC)c3O1)O2. The van der Waals surface area contributed by atoms with Crippen molar-refractivity contribution in [1.29, 1.82) is 0 Å². The summed E-state index contributed by atoms with van der Waals surface area (Å²) in [5.74, 6) is -0.238. The molecule has 2 N–H and O–H groups in total. The van der Waals surface area contributed by atoms with Crippen LogP contribution in [0.3, 0.4) is 0 Å². The predicted octanol–water partition coefficient (Wildman–Crippen LogP) is 6.95. The lowest BCUT2D eigenvalue weighted by atomic mass is 10.2. The van der Waals surface area contributed by atoms with Gasteiger partial charge in [0.2, 0.25) is 11.6 Å². The number of nitro groups is 2. The molecule has 0 atom stereocenters. The van der Waals surface area contributed by atoms with Crippen LogP contribution in [0.25, 0.3) is 0 Å². The van der Waals surface area contributed by atoms with Gasteiger partial charge in [0, 0.05) is 37.4 Å². The average Bonchev–Trinajstić information content (AvgIpc) is 3.46. The van der Waals surface area contributed by atoms with E-state index in [9.17, 15) is 20.2 Å². The molecule has 220 valence electrons. The number of benzene rings is 2. The summed E-state index contributed by atoms with van der Waals surface area (Å²) < 4.78 is 28.6. The number of fused-ring (bicyclic) bond motifs is 4. The fourth-order valence-electron chi connectivity index (χ4n) is 4.21. The second-order valence-electron chi connectivity index (χ2n) is 8.78. The van der Waals surface area contributed by atoms with Crippen molar-refractivity contribution < 1.29 is 28.8 Å². The maximum absolute atomic E-state index is 11.5. The summed E-state index contributed by atoms with van der Waals surface area (Å²) >= 11 is 10.9. The largest absolute Gasteiger partial charge is 0.613 e. The zero-order valence-electron chi connectivity index (χ0n) is 22.0. The zero-order valence-corrected chi connectivity index (χ0v) is 23.7. The molecule has 2 aromatic carbocycles. The van der Waals surface area contributed by atoms with Crippen LogP contribution in [0.5, 0.6) is 23.3 Å². The number of ether oxygens (including phenoxy) is 4. The third-order valence-electron chi connectivity index (χ3n) is 6.20. The lowest BCUT2D eigenvalue weighted by Crippen LogP contribution is -2.54. The Morgan fingerprint density at radius 2 is 1.16 bits per heavy atom. The Kier molecular flexibility index (Phi) is 6.69. The van der Waals surface area contributed by atoms with Gasteiger partial charge in [-0.05, 0) is 50.4 Å². The van der Waals surface area contributed by atoms with Gasteiger partial charge in [-0.1, -0.05) is 0 Å². The Labute approximate surface area is 249 Å². The van der Waals surface area contributed by atoms with Crippen molar-refractivity contribution in [3.63, 3.8) is 0 Å². The molecule has 0 fully saturated rings. The van der Waals surface area contributed by atoms with Crippen molar-refractivity contribution in [3.8, 4) is 23.3 Å². The summed E-state index contributed by atoms with van der Waals surface area (Å²) in [5, 5.41) is 39.7. The highest BCUT2D eigenvalue weighted by molar-refractivity contribution is 7.71. The zero-order chi connectivity index (χ0) is 30.5. The number of imidazole rings is 2. The van der Waals surface area contributed by atoms with Crippen molar-refractivity contribution in [1.82, 2.24) is 19.1 Å². The number of nitrogens with zero attached hydrogens (tertiary/aromatic N) is 8. The predicted molar refractivity (Wildman–Crippen MR) is 150 cm³/mol. The molecular weight excluding hydrogens is 608 g/mol. The molecule has 4 heterocycles. The third kappa shape index (κ3) is 4.86. The average molecular weight is 627 g/mol. The number of hydrogen-bond donors (Lipinski definition) is 2. The molecule has 0 saturated heterocycles. The van der Waals surface area contributed by atoms with Crippen molar-refractivity contribution in [2.45, 2.75) is 33.1 Å². The molecule has 2 aliphatic rings. The fraction of sp³-hybridized carbons (Fsp3) is 0.217. The monoisotopic (exact) mass is 626 g/mol. The molecule has 0 aliphatic carbocycles. The molecule has 0 amide bonds. The first-order chi connectivity index (χ1) is 20.6. The number of hydrogen-bond acceptors (Lipinski definition) is 14. The Balaban J connectivity index is 1.66. The van der Waals surface area contributed by atoms with Crippen LogP contribution >= 0.6 is 24.4 Å². The van der Waals surface area contributed by atoms with Crippen molar-refractivity contribution in [3.05, 3.63) is 66.2 Å². The number of non-ortho nitro benzene ring substituents is 2. The molecule has 6 rings (SSSR count). The molecule has 4 aromatic rings. The number of aromatic amines is 2. The van der Waals surface area contributed by atoms with E-state index in [0.717, 1.165) is 12.1 Å². The summed E-state index contributed by atoms with van der Waals surface area (Å²) in [6.45, 7) is 4.17. The van der Waals surface area contributed by atoms with Crippen LogP contribution in [0, 0.1) is 29.8 Å². The van der Waals surface area contributed by atoms with Crippen molar-refractivity contribution >= 4 is 58.8 Å². The van der Waals surface area contributed by atoms with Crippen LogP contribution < -0.4 is 18.9 Å². The number of aromatic nitrogens is 4. The van der Waals surface area contributed by atoms with E-state index in [2.05, 4.69) is 30.4 Å². The van der Waals surface area contributed by atoms with E-state index in [4.69, 9.17) is 43.4 Å². The standard InChI is InChI=1S/C23H18N10O8S2/c1-3-30-19-17(24-21(30)42)28-26-13-9-11(32(34)35)5-7-15(13)38-23(40-19)39-16-8-6-12(33(36)37)10-14(16)27-29-18-20(41-23)31(4-2)22(43)25-18/h5-10H,3-4H2,1-2H3,(H,24,42)(H,25,43). The van der Waals surface area contributed by atoms with Crippen molar-refractivity contribution in [2.24, 2.45) is 20.5 Å². The maximum Gasteiger partial charge on any atom is 0.613 e. The van der Waals surface area contributed by atoms with E-state index >= 15 is 0 Å². The normalized spacial score (nSPS) is 16.6. The third-order valence-corrected chi connectivity index (χ3v) is 6.85. The number of rotatable bonds is 4. The summed E-state index contributed by atoms with van der Waals surface area (Å²) in [5.41, 5.74) is -0.760. The van der Waals surface area contributed by atoms with E-state index in [1.807, 2.05) is 0 Å². The molecule has 0 saturated carbocycles. The van der Waals surface area contributed by atoms with Crippen LogP contribution in [-0.4, -0.2) is 35.1 Å². The first kappa shape index (κ1) is 27.7. The molecule has 0 bridgehead atoms. The molecule has 2 aliphatic heterocycles. The summed E-state index contributed by atoms with van der Waals surface area (Å²) in [7, 11) is 0. The Hall–Kier alpha value is -5.50. The summed E-state index contributed by atoms with van der Waals surface area (Å²) in [4.78, 5) is 27.6. The first-order valence-corrected chi connectivity index (χ1v) is 13.2. The highest BCUT2D eigenvalue weighted by Gasteiger charge is 2.49. The minimum Gasteiger partial charge on any atom is -0.384 e. The van der Waals surface area contributed by atoms with Crippen LogP contribution in [0.15, 0.2) is 56.9 Å². The molecule has 0 radical (unpaired) electrons. The molecule has 43 heavy (non-hydrogen) atoms. The van der Waals surface area contributed by atoms with E-state index in [-0.39, 0.29) is 67.2 Å². The first-order valence-electron chi connectivity index (χ1n) is 12.4. The van der Waals surface area contributed by atoms with Gasteiger partial charge in [-0.3, -0.25) is 29.4 Å². The fourth-order valence-corrected chi connectivity index (χ4v) is 4.83. The topological polar surface area (TPSA) is 214 Å².